The van der Waals surface area contributed by atoms with Crippen molar-refractivity contribution in [1.82, 2.24) is 24.8 Å². The number of nitrogens with zero attached hydrogens (tertiary/aromatic N) is 4. The van der Waals surface area contributed by atoms with Crippen molar-refractivity contribution in [3.63, 3.8) is 0 Å². The number of amides is 1. The van der Waals surface area contributed by atoms with E-state index in [0.29, 0.717) is 22.8 Å². The van der Waals surface area contributed by atoms with E-state index in [1.807, 2.05) is 33.0 Å². The van der Waals surface area contributed by atoms with Gasteiger partial charge in [0.25, 0.3) is 11.8 Å². The third-order valence-corrected chi connectivity index (χ3v) is 6.44. The van der Waals surface area contributed by atoms with Crippen LogP contribution in [0.3, 0.4) is 0 Å². The van der Waals surface area contributed by atoms with Crippen molar-refractivity contribution in [2.75, 3.05) is 5.32 Å². The molecule has 4 aromatic rings. The van der Waals surface area contributed by atoms with Crippen LogP contribution in [-0.2, 0) is 4.79 Å². The zero-order valence-corrected chi connectivity index (χ0v) is 19.5. The number of hydrogen-bond acceptors (Lipinski definition) is 6. The minimum absolute atomic E-state index is 0.123. The largest absolute Gasteiger partial charge is 0.472 e. The Morgan fingerprint density at radius 2 is 2.06 bits per heavy atom. The van der Waals surface area contributed by atoms with Crippen molar-refractivity contribution >= 4 is 34.4 Å². The number of aromatic nitrogens is 5. The first-order valence-electron chi connectivity index (χ1n) is 11.7. The van der Waals surface area contributed by atoms with E-state index in [4.69, 9.17) is 9.72 Å². The molecule has 1 aliphatic carbocycles. The smallest absolute Gasteiger partial charge is 0.260 e. The fraction of sp³-hybridized carbons (Fsp3) is 0.400. The van der Waals surface area contributed by atoms with Crippen LogP contribution in [0.5, 0.6) is 5.88 Å². The second-order valence-electron chi connectivity index (χ2n) is 9.30. The van der Waals surface area contributed by atoms with Gasteiger partial charge in [-0.15, -0.1) is 5.10 Å². The summed E-state index contributed by atoms with van der Waals surface area (Å²) in [6, 6.07) is 5.37. The average Bonchev–Trinajstić information content (AvgIpc) is 3.42. The van der Waals surface area contributed by atoms with Gasteiger partial charge in [0.05, 0.1) is 23.5 Å². The van der Waals surface area contributed by atoms with Gasteiger partial charge in [-0.25, -0.2) is 9.50 Å². The summed E-state index contributed by atoms with van der Waals surface area (Å²) in [7, 11) is 0. The molecule has 1 saturated carbocycles. The molecular formula is C25H28N6O3. The molecule has 9 heteroatoms. The summed E-state index contributed by atoms with van der Waals surface area (Å²) in [4.78, 5) is 29.3. The average molecular weight is 461 g/mol. The number of fused-ring (bicyclic) bond motifs is 2. The number of nitrogens with one attached hydrogen (secondary N) is 2. The Morgan fingerprint density at radius 1 is 1.26 bits per heavy atom. The Morgan fingerprint density at radius 3 is 2.79 bits per heavy atom. The van der Waals surface area contributed by atoms with E-state index in [-0.39, 0.29) is 23.8 Å². The Bertz CT molecular complexity index is 1360. The normalized spacial score (nSPS) is 18.5. The maximum atomic E-state index is 13.2. The predicted octanol–water partition coefficient (Wildman–Crippen LogP) is 4.43. The number of H-pyrrole nitrogens is 1. The molecule has 3 aromatic heterocycles. The lowest BCUT2D eigenvalue weighted by Crippen LogP contribution is -2.17. The molecule has 2 N–H and O–H groups in total. The van der Waals surface area contributed by atoms with Crippen molar-refractivity contribution in [3.8, 4) is 5.88 Å². The minimum atomic E-state index is -0.276. The molecule has 0 saturated heterocycles. The lowest BCUT2D eigenvalue weighted by Gasteiger charge is -2.26. The van der Waals surface area contributed by atoms with E-state index < -0.39 is 0 Å². The molecule has 1 aromatic carbocycles. The highest BCUT2D eigenvalue weighted by Gasteiger charge is 2.27. The van der Waals surface area contributed by atoms with E-state index in [1.54, 1.807) is 22.8 Å². The molecule has 0 aliphatic heterocycles. The number of benzene rings is 1. The zero-order valence-electron chi connectivity index (χ0n) is 19.5. The standard InChI is InChI=1S/C25H28N6O3/c1-14(2)34-25-22(28-24(33)18-8-9-20-19(10-18)11-26-29-20)23-27-21(15(3)12-31(23)30-25)17-6-4-16(13-32)5-7-17/h8-14,16-17H,4-7H2,1-3H3,(H,26,29)(H,28,33). The Labute approximate surface area is 196 Å². The number of carbonyl (C=O) groups is 2. The molecule has 1 amide bonds. The highest BCUT2D eigenvalue weighted by molar-refractivity contribution is 6.08. The highest BCUT2D eigenvalue weighted by atomic mass is 16.5. The number of anilines is 1. The van der Waals surface area contributed by atoms with Crippen LogP contribution < -0.4 is 10.1 Å². The number of aromatic amines is 1. The van der Waals surface area contributed by atoms with Crippen LogP contribution >= 0.6 is 0 Å². The van der Waals surface area contributed by atoms with Gasteiger partial charge in [-0.05, 0) is 70.2 Å². The van der Waals surface area contributed by atoms with Crippen LogP contribution in [0.4, 0.5) is 5.69 Å². The monoisotopic (exact) mass is 460 g/mol. The topological polar surface area (TPSA) is 114 Å². The number of aldehydes is 1. The van der Waals surface area contributed by atoms with Crippen LogP contribution in [0, 0.1) is 12.8 Å². The number of hydrogen-bond donors (Lipinski definition) is 2. The number of rotatable bonds is 6. The van der Waals surface area contributed by atoms with Crippen molar-refractivity contribution in [2.24, 2.45) is 5.92 Å². The van der Waals surface area contributed by atoms with Gasteiger partial charge in [-0.3, -0.25) is 9.89 Å². The summed E-state index contributed by atoms with van der Waals surface area (Å²) in [5.74, 6) is 0.477. The summed E-state index contributed by atoms with van der Waals surface area (Å²) >= 11 is 0. The van der Waals surface area contributed by atoms with Crippen LogP contribution in [0.2, 0.25) is 0 Å². The summed E-state index contributed by atoms with van der Waals surface area (Å²) in [6.07, 6.45) is 8.16. The lowest BCUT2D eigenvalue weighted by atomic mass is 9.80. The molecule has 3 heterocycles. The maximum absolute atomic E-state index is 13.2. The van der Waals surface area contributed by atoms with E-state index in [1.165, 1.54) is 0 Å². The summed E-state index contributed by atoms with van der Waals surface area (Å²) in [5, 5.41) is 15.3. The lowest BCUT2D eigenvalue weighted by molar-refractivity contribution is -0.111. The first-order chi connectivity index (χ1) is 16.4. The SMILES string of the molecule is Cc1cn2nc(OC(C)C)c(NC(=O)c3ccc4[nH]ncc4c3)c2nc1C1CCC(C=O)CC1. The molecule has 176 valence electrons. The minimum Gasteiger partial charge on any atom is -0.472 e. The molecule has 1 aliphatic rings. The quantitative estimate of drug-likeness (QED) is 0.412. The van der Waals surface area contributed by atoms with Gasteiger partial charge < -0.3 is 14.8 Å². The molecule has 1 fully saturated rings. The van der Waals surface area contributed by atoms with Gasteiger partial charge in [-0.2, -0.15) is 5.10 Å². The molecule has 0 atom stereocenters. The van der Waals surface area contributed by atoms with E-state index in [0.717, 1.165) is 54.1 Å². The van der Waals surface area contributed by atoms with Crippen LogP contribution in [-0.4, -0.2) is 43.1 Å². The first-order valence-corrected chi connectivity index (χ1v) is 11.7. The summed E-state index contributed by atoms with van der Waals surface area (Å²) in [6.45, 7) is 5.85. The van der Waals surface area contributed by atoms with Crippen molar-refractivity contribution in [2.45, 2.75) is 58.5 Å². The van der Waals surface area contributed by atoms with Gasteiger partial charge in [0, 0.05) is 29.0 Å². The fourth-order valence-electron chi connectivity index (χ4n) is 4.68. The molecular weight excluding hydrogens is 432 g/mol. The van der Waals surface area contributed by atoms with E-state index in [9.17, 15) is 9.59 Å². The predicted molar refractivity (Wildman–Crippen MR) is 128 cm³/mol. The van der Waals surface area contributed by atoms with Crippen LogP contribution in [0.1, 0.15) is 67.1 Å². The molecule has 0 spiro atoms. The molecule has 0 unspecified atom stereocenters. The van der Waals surface area contributed by atoms with Crippen molar-refractivity contribution in [3.05, 3.63) is 47.4 Å². The number of carbonyl (C=O) groups excluding carboxylic acids is 2. The second-order valence-corrected chi connectivity index (χ2v) is 9.30. The van der Waals surface area contributed by atoms with Crippen molar-refractivity contribution < 1.29 is 14.3 Å². The molecule has 34 heavy (non-hydrogen) atoms. The Kier molecular flexibility index (Phi) is 5.77. The maximum Gasteiger partial charge on any atom is 0.260 e. The third kappa shape index (κ3) is 4.13. The molecule has 9 nitrogen and oxygen atoms in total. The number of aryl methyl sites for hydroxylation is 1. The molecule has 0 bridgehead atoms. The van der Waals surface area contributed by atoms with E-state index >= 15 is 0 Å². The van der Waals surface area contributed by atoms with Crippen LogP contribution in [0.25, 0.3) is 16.6 Å². The third-order valence-electron chi connectivity index (χ3n) is 6.44. The van der Waals surface area contributed by atoms with Gasteiger partial charge in [-0.1, -0.05) is 0 Å². The van der Waals surface area contributed by atoms with Gasteiger partial charge in [0.1, 0.15) is 6.29 Å². The van der Waals surface area contributed by atoms with Gasteiger partial charge >= 0.3 is 0 Å². The summed E-state index contributed by atoms with van der Waals surface area (Å²) < 4.78 is 7.61. The second kappa shape index (κ2) is 8.89. The van der Waals surface area contributed by atoms with Crippen molar-refractivity contribution in [1.29, 1.82) is 0 Å². The highest BCUT2D eigenvalue weighted by Crippen LogP contribution is 2.37. The van der Waals surface area contributed by atoms with Gasteiger partial charge in [0.2, 0.25) is 0 Å². The van der Waals surface area contributed by atoms with Crippen LogP contribution in [0.15, 0.2) is 30.6 Å². The fourth-order valence-corrected chi connectivity index (χ4v) is 4.68. The number of ether oxygens (including phenoxy) is 1. The first kappa shape index (κ1) is 22.1. The summed E-state index contributed by atoms with van der Waals surface area (Å²) in [5.41, 5.74) is 4.39. The molecule has 0 radical (unpaired) electrons. The molecule has 5 rings (SSSR count). The zero-order chi connectivity index (χ0) is 23.8. The van der Waals surface area contributed by atoms with E-state index in [2.05, 4.69) is 20.6 Å². The van der Waals surface area contributed by atoms with Gasteiger partial charge in [0.15, 0.2) is 11.3 Å². The Hall–Kier alpha value is -3.75. The Balaban J connectivity index is 1.52.